The van der Waals surface area contributed by atoms with Gasteiger partial charge in [-0.3, -0.25) is 4.98 Å². The lowest BCUT2D eigenvalue weighted by atomic mass is 9.96. The molecule has 36 heavy (non-hydrogen) atoms. The first-order chi connectivity index (χ1) is 17.3. The maximum absolute atomic E-state index is 13.2. The van der Waals surface area contributed by atoms with Gasteiger partial charge in [-0.15, -0.1) is 0 Å². The fraction of sp³-hybridized carbons (Fsp3) is 0.310. The molecule has 0 radical (unpaired) electrons. The summed E-state index contributed by atoms with van der Waals surface area (Å²) in [5, 5.41) is 4.58. The molecule has 1 aliphatic heterocycles. The minimum atomic E-state index is -4.50. The number of pyridine rings is 1. The summed E-state index contributed by atoms with van der Waals surface area (Å²) >= 11 is 0. The molecule has 1 unspecified atom stereocenters. The van der Waals surface area contributed by atoms with Crippen molar-refractivity contribution >= 4 is 5.57 Å². The van der Waals surface area contributed by atoms with Crippen LogP contribution in [0.25, 0.3) is 22.4 Å². The zero-order valence-corrected chi connectivity index (χ0v) is 20.6. The Morgan fingerprint density at radius 3 is 2.72 bits per heavy atom. The summed E-state index contributed by atoms with van der Waals surface area (Å²) < 4.78 is 47.1. The third kappa shape index (κ3) is 5.85. The summed E-state index contributed by atoms with van der Waals surface area (Å²) in [5.41, 5.74) is 5.05. The molecule has 2 aromatic heterocycles. The number of benzene rings is 1. The van der Waals surface area contributed by atoms with E-state index in [1.165, 1.54) is 11.8 Å². The zero-order chi connectivity index (χ0) is 25.7. The number of hydrogen-bond acceptors (Lipinski definition) is 3. The molecule has 0 bridgehead atoms. The number of rotatable bonds is 8. The average molecular weight is 494 g/mol. The highest BCUT2D eigenvalue weighted by Gasteiger charge is 2.32. The molecule has 4 rings (SSSR count). The summed E-state index contributed by atoms with van der Waals surface area (Å²) in [6.07, 6.45) is 10.8. The Bertz CT molecular complexity index is 1280. The van der Waals surface area contributed by atoms with Crippen LogP contribution in [0.15, 0.2) is 79.3 Å². The van der Waals surface area contributed by atoms with Crippen molar-refractivity contribution in [2.45, 2.75) is 51.8 Å². The van der Waals surface area contributed by atoms with Gasteiger partial charge in [-0.25, -0.2) is 4.68 Å². The van der Waals surface area contributed by atoms with Gasteiger partial charge >= 0.3 is 6.18 Å². The number of aryl methyl sites for hydroxylation is 1. The Balaban J connectivity index is 1.66. The fourth-order valence-corrected chi connectivity index (χ4v) is 4.53. The van der Waals surface area contributed by atoms with Crippen molar-refractivity contribution < 1.29 is 17.9 Å². The predicted molar refractivity (Wildman–Crippen MR) is 137 cm³/mol. The lowest BCUT2D eigenvalue weighted by Crippen LogP contribution is -2.07. The Kier molecular flexibility index (Phi) is 7.89. The predicted octanol–water partition coefficient (Wildman–Crippen LogP) is 7.74. The summed E-state index contributed by atoms with van der Waals surface area (Å²) in [5.74, 6) is 0. The van der Waals surface area contributed by atoms with Crippen LogP contribution >= 0.6 is 0 Å². The third-order valence-electron chi connectivity index (χ3n) is 6.41. The lowest BCUT2D eigenvalue weighted by Gasteiger charge is -2.13. The molecule has 1 saturated heterocycles. The molecular weight excluding hydrogens is 463 g/mol. The molecule has 3 aromatic rings. The number of ether oxygens (including phenoxy) is 1. The maximum atomic E-state index is 13.2. The van der Waals surface area contributed by atoms with E-state index in [0.717, 1.165) is 60.7 Å². The normalized spacial score (nSPS) is 17.0. The van der Waals surface area contributed by atoms with Gasteiger partial charge in [0.05, 0.1) is 18.0 Å². The quantitative estimate of drug-likeness (QED) is 0.301. The topological polar surface area (TPSA) is 39.9 Å². The van der Waals surface area contributed by atoms with Gasteiger partial charge in [0.1, 0.15) is 5.69 Å². The van der Waals surface area contributed by atoms with Crippen LogP contribution in [-0.4, -0.2) is 27.5 Å². The highest BCUT2D eigenvalue weighted by molar-refractivity contribution is 5.77. The minimum Gasteiger partial charge on any atom is -0.378 e. The molecule has 4 nitrogen and oxygen atoms in total. The van der Waals surface area contributed by atoms with Gasteiger partial charge in [-0.2, -0.15) is 18.3 Å². The van der Waals surface area contributed by atoms with E-state index < -0.39 is 11.9 Å². The van der Waals surface area contributed by atoms with E-state index in [2.05, 4.69) is 22.7 Å². The number of alkyl halides is 3. The zero-order valence-electron chi connectivity index (χ0n) is 20.6. The van der Waals surface area contributed by atoms with Crippen LogP contribution in [0, 0.1) is 6.92 Å². The Morgan fingerprint density at radius 1 is 1.22 bits per heavy atom. The van der Waals surface area contributed by atoms with Crippen LogP contribution < -0.4 is 0 Å². The summed E-state index contributed by atoms with van der Waals surface area (Å²) in [4.78, 5) is 3.47. The van der Waals surface area contributed by atoms with Gasteiger partial charge in [-0.05, 0) is 85.6 Å². The van der Waals surface area contributed by atoms with E-state index >= 15 is 0 Å². The Morgan fingerprint density at radius 2 is 2.03 bits per heavy atom. The lowest BCUT2D eigenvalue weighted by molar-refractivity contribution is -0.141. The van der Waals surface area contributed by atoms with Crippen LogP contribution in [0.5, 0.6) is 0 Å². The maximum Gasteiger partial charge on any atom is 0.433 e. The summed E-state index contributed by atoms with van der Waals surface area (Å²) in [6, 6.07) is 8.19. The van der Waals surface area contributed by atoms with Crippen LogP contribution in [0.3, 0.4) is 0 Å². The smallest absolute Gasteiger partial charge is 0.378 e. The number of halogens is 3. The van der Waals surface area contributed by atoms with E-state index in [1.807, 2.05) is 50.4 Å². The van der Waals surface area contributed by atoms with Crippen molar-refractivity contribution in [3.8, 4) is 16.8 Å². The summed E-state index contributed by atoms with van der Waals surface area (Å²) in [7, 11) is 0. The van der Waals surface area contributed by atoms with Crippen LogP contribution in [0.4, 0.5) is 13.2 Å². The molecule has 0 spiro atoms. The molecule has 3 heterocycles. The molecule has 7 heteroatoms. The third-order valence-corrected chi connectivity index (χ3v) is 6.41. The molecule has 0 aliphatic carbocycles. The SMILES string of the molecule is C=C/C(=C(\C=C/C)CCC1CCCO1)c1cnn(-c2cc(-c3ccnc(C(F)(F)F)c3)ccc2C)c1. The van der Waals surface area contributed by atoms with Crippen molar-refractivity contribution in [1.82, 2.24) is 14.8 Å². The first-order valence-corrected chi connectivity index (χ1v) is 12.1. The number of allylic oxidation sites excluding steroid dienone is 5. The highest BCUT2D eigenvalue weighted by atomic mass is 19.4. The van der Waals surface area contributed by atoms with Crippen LogP contribution in [0.2, 0.25) is 0 Å². The molecule has 0 amide bonds. The van der Waals surface area contributed by atoms with Crippen molar-refractivity contribution in [2.24, 2.45) is 0 Å². The summed E-state index contributed by atoms with van der Waals surface area (Å²) in [6.45, 7) is 8.83. The Hall–Kier alpha value is -3.45. The van der Waals surface area contributed by atoms with Gasteiger partial charge in [0.15, 0.2) is 0 Å². The number of nitrogens with zero attached hydrogens (tertiary/aromatic N) is 3. The van der Waals surface area contributed by atoms with E-state index in [-0.39, 0.29) is 0 Å². The van der Waals surface area contributed by atoms with E-state index in [0.29, 0.717) is 17.2 Å². The molecule has 0 saturated carbocycles. The first-order valence-electron chi connectivity index (χ1n) is 12.1. The molecule has 1 aromatic carbocycles. The van der Waals surface area contributed by atoms with E-state index in [9.17, 15) is 13.2 Å². The number of hydrogen-bond donors (Lipinski definition) is 0. The standard InChI is InChI=1S/C29H30F3N3O/c1-4-7-21(11-12-25-8-6-15-36-25)26(5-2)24-18-34-35(19-24)27-16-22(10-9-20(27)3)23-13-14-33-28(17-23)29(30,31)32/h4-5,7,9-10,13-14,16-19,25H,2,6,8,11-12,15H2,1,3H3/b7-4-,26-21-. The van der Waals surface area contributed by atoms with Crippen molar-refractivity contribution in [3.05, 3.63) is 96.1 Å². The second kappa shape index (κ2) is 11.1. The van der Waals surface area contributed by atoms with Crippen molar-refractivity contribution in [2.75, 3.05) is 6.61 Å². The van der Waals surface area contributed by atoms with E-state index in [1.54, 1.807) is 16.9 Å². The first kappa shape index (κ1) is 25.6. The van der Waals surface area contributed by atoms with Gasteiger partial charge in [-0.1, -0.05) is 36.9 Å². The second-order valence-corrected chi connectivity index (χ2v) is 8.92. The molecule has 1 atom stereocenters. The molecule has 1 aliphatic rings. The molecule has 0 N–H and O–H groups in total. The monoisotopic (exact) mass is 493 g/mol. The van der Waals surface area contributed by atoms with Gasteiger partial charge in [0, 0.05) is 24.6 Å². The van der Waals surface area contributed by atoms with Gasteiger partial charge < -0.3 is 4.74 Å². The molecule has 1 fully saturated rings. The van der Waals surface area contributed by atoms with Crippen LogP contribution in [0.1, 0.15) is 49.4 Å². The van der Waals surface area contributed by atoms with Gasteiger partial charge in [0.25, 0.3) is 0 Å². The van der Waals surface area contributed by atoms with Crippen molar-refractivity contribution in [1.29, 1.82) is 0 Å². The molecule has 188 valence electrons. The Labute approximate surface area is 209 Å². The fourth-order valence-electron chi connectivity index (χ4n) is 4.53. The van der Waals surface area contributed by atoms with Crippen LogP contribution in [-0.2, 0) is 10.9 Å². The molecular formula is C29H30F3N3O. The second-order valence-electron chi connectivity index (χ2n) is 8.92. The van der Waals surface area contributed by atoms with Crippen molar-refractivity contribution in [3.63, 3.8) is 0 Å². The minimum absolute atomic E-state index is 0.301. The largest absolute Gasteiger partial charge is 0.433 e. The number of aromatic nitrogens is 3. The highest BCUT2D eigenvalue weighted by Crippen LogP contribution is 2.32. The van der Waals surface area contributed by atoms with Gasteiger partial charge in [0.2, 0.25) is 0 Å². The average Bonchev–Trinajstić information content (AvgIpc) is 3.56. The van der Waals surface area contributed by atoms with E-state index in [4.69, 9.17) is 4.74 Å².